The molecule has 1 rings (SSSR count). The van der Waals surface area contributed by atoms with E-state index in [0.717, 1.165) is 31.2 Å². The molecule has 0 atom stereocenters. The summed E-state index contributed by atoms with van der Waals surface area (Å²) in [4.78, 5) is 26.9. The maximum Gasteiger partial charge on any atom is 0.306 e. The third-order valence-electron chi connectivity index (χ3n) is 4.60. The molecule has 0 fully saturated rings. The number of aromatic nitrogens is 1. The summed E-state index contributed by atoms with van der Waals surface area (Å²) in [5.74, 6) is 0.279. The predicted molar refractivity (Wildman–Crippen MR) is 105 cm³/mol. The molecule has 0 aromatic carbocycles. The van der Waals surface area contributed by atoms with Crippen LogP contribution in [0.15, 0.2) is 24.5 Å². The third-order valence-corrected chi connectivity index (χ3v) is 4.60. The highest BCUT2D eigenvalue weighted by atomic mass is 16.5. The first kappa shape index (κ1) is 22.3. The number of carbonyl (C=O) groups excluding carboxylic acids is 2. The molecule has 0 aliphatic rings. The van der Waals surface area contributed by atoms with E-state index in [1.165, 1.54) is 44.9 Å². The molecule has 0 spiro atoms. The average molecular weight is 362 g/mol. The summed E-state index contributed by atoms with van der Waals surface area (Å²) >= 11 is 0. The number of carbonyl (C=O) groups is 2. The van der Waals surface area contributed by atoms with Gasteiger partial charge in [-0.2, -0.15) is 0 Å². The number of nitrogens with zero attached hydrogens (tertiary/aromatic N) is 1. The van der Waals surface area contributed by atoms with E-state index in [2.05, 4.69) is 4.98 Å². The number of ketones is 1. The average Bonchev–Trinajstić information content (AvgIpc) is 2.67. The van der Waals surface area contributed by atoms with Crippen molar-refractivity contribution in [3.63, 3.8) is 0 Å². The van der Waals surface area contributed by atoms with Crippen LogP contribution in [-0.2, 0) is 20.9 Å². The largest absolute Gasteiger partial charge is 0.461 e. The van der Waals surface area contributed by atoms with Crippen molar-refractivity contribution in [1.29, 1.82) is 0 Å². The fourth-order valence-electron chi connectivity index (χ4n) is 2.90. The molecule has 0 aliphatic carbocycles. The van der Waals surface area contributed by atoms with Crippen LogP contribution in [0.4, 0.5) is 0 Å². The maximum absolute atomic E-state index is 11.7. The van der Waals surface area contributed by atoms with Crippen LogP contribution in [0.2, 0.25) is 0 Å². The second-order valence-electron chi connectivity index (χ2n) is 6.95. The first-order chi connectivity index (χ1) is 12.7. The Morgan fingerprint density at radius 3 is 2.00 bits per heavy atom. The number of rotatable bonds is 16. The van der Waals surface area contributed by atoms with E-state index in [4.69, 9.17) is 4.74 Å². The first-order valence-electron chi connectivity index (χ1n) is 10.3. The first-order valence-corrected chi connectivity index (χ1v) is 10.3. The van der Waals surface area contributed by atoms with Gasteiger partial charge in [-0.15, -0.1) is 0 Å². The Balaban J connectivity index is 1.81. The Kier molecular flexibility index (Phi) is 13.3. The molecule has 4 heteroatoms. The summed E-state index contributed by atoms with van der Waals surface area (Å²) in [5, 5.41) is 0. The minimum Gasteiger partial charge on any atom is -0.461 e. The molecule has 0 saturated carbocycles. The van der Waals surface area contributed by atoms with Gasteiger partial charge in [-0.25, -0.2) is 0 Å². The predicted octanol–water partition coefficient (Wildman–Crippen LogP) is 5.79. The molecule has 1 heterocycles. The summed E-state index contributed by atoms with van der Waals surface area (Å²) in [6, 6.07) is 3.75. The van der Waals surface area contributed by atoms with Crippen molar-refractivity contribution in [2.24, 2.45) is 0 Å². The highest BCUT2D eigenvalue weighted by Gasteiger charge is 2.03. The quantitative estimate of drug-likeness (QED) is 0.276. The lowest BCUT2D eigenvalue weighted by Crippen LogP contribution is -2.04. The summed E-state index contributed by atoms with van der Waals surface area (Å²) < 4.78 is 5.24. The Morgan fingerprint density at radius 2 is 1.46 bits per heavy atom. The van der Waals surface area contributed by atoms with Gasteiger partial charge in [0.15, 0.2) is 0 Å². The molecule has 0 radical (unpaired) electrons. The number of unbranched alkanes of at least 4 members (excludes halogenated alkanes) is 9. The van der Waals surface area contributed by atoms with Crippen molar-refractivity contribution < 1.29 is 14.3 Å². The summed E-state index contributed by atoms with van der Waals surface area (Å²) in [6.07, 6.45) is 17.2. The molecule has 0 unspecified atom stereocenters. The number of esters is 1. The number of Topliss-reactive ketones (excluding diaryl/α,β-unsaturated/α-hetero) is 1. The van der Waals surface area contributed by atoms with Gasteiger partial charge in [-0.05, 0) is 18.9 Å². The lowest BCUT2D eigenvalue weighted by atomic mass is 10.0. The third kappa shape index (κ3) is 12.6. The van der Waals surface area contributed by atoms with Gasteiger partial charge in [-0.3, -0.25) is 14.6 Å². The molecule has 0 saturated heterocycles. The fraction of sp³-hybridized carbons (Fsp3) is 0.682. The van der Waals surface area contributed by atoms with Crippen LogP contribution in [0, 0.1) is 0 Å². The van der Waals surface area contributed by atoms with Gasteiger partial charge in [0.2, 0.25) is 0 Å². The van der Waals surface area contributed by atoms with Crippen LogP contribution >= 0.6 is 0 Å². The minimum atomic E-state index is -0.115. The van der Waals surface area contributed by atoms with Crippen molar-refractivity contribution in [2.75, 3.05) is 0 Å². The molecule has 1 aromatic heterocycles. The molecule has 4 nitrogen and oxygen atoms in total. The molecule has 0 aliphatic heterocycles. The standard InChI is InChI=1S/C22H35NO3/c1-2-21(24)15-11-9-7-5-3-4-6-8-10-12-16-22(25)26-19-20-14-13-17-23-18-20/h13-14,17-18H,2-12,15-16,19H2,1H3. The zero-order valence-electron chi connectivity index (χ0n) is 16.4. The van der Waals surface area contributed by atoms with Gasteiger partial charge < -0.3 is 4.74 Å². The topological polar surface area (TPSA) is 56.3 Å². The van der Waals surface area contributed by atoms with Crippen LogP contribution in [0.25, 0.3) is 0 Å². The van der Waals surface area contributed by atoms with Gasteiger partial charge in [-0.1, -0.05) is 64.4 Å². The zero-order chi connectivity index (χ0) is 18.9. The Morgan fingerprint density at radius 1 is 0.885 bits per heavy atom. The maximum atomic E-state index is 11.7. The van der Waals surface area contributed by atoms with Gasteiger partial charge in [0.25, 0.3) is 0 Å². The zero-order valence-corrected chi connectivity index (χ0v) is 16.4. The van der Waals surface area contributed by atoms with Crippen molar-refractivity contribution in [2.45, 2.75) is 97.0 Å². The van der Waals surface area contributed by atoms with Crippen LogP contribution in [0.3, 0.4) is 0 Å². The molecular formula is C22H35NO3. The monoisotopic (exact) mass is 361 g/mol. The smallest absolute Gasteiger partial charge is 0.306 e. The Labute approximate surface area is 158 Å². The van der Waals surface area contributed by atoms with E-state index in [1.807, 2.05) is 19.1 Å². The SMILES string of the molecule is CCC(=O)CCCCCCCCCCCCC(=O)OCc1cccnc1. The van der Waals surface area contributed by atoms with Crippen LogP contribution in [0.1, 0.15) is 96.0 Å². The van der Waals surface area contributed by atoms with E-state index in [-0.39, 0.29) is 5.97 Å². The van der Waals surface area contributed by atoms with Crippen LogP contribution in [-0.4, -0.2) is 16.7 Å². The minimum absolute atomic E-state index is 0.115. The number of hydrogen-bond acceptors (Lipinski definition) is 4. The summed E-state index contributed by atoms with van der Waals surface area (Å²) in [6.45, 7) is 2.26. The number of pyridine rings is 1. The molecule has 0 bridgehead atoms. The fourth-order valence-corrected chi connectivity index (χ4v) is 2.90. The van der Waals surface area contributed by atoms with Crippen molar-refractivity contribution in [3.8, 4) is 0 Å². The molecule has 1 aromatic rings. The lowest BCUT2D eigenvalue weighted by Gasteiger charge is -2.05. The normalized spacial score (nSPS) is 10.7. The van der Waals surface area contributed by atoms with E-state index in [0.29, 0.717) is 25.2 Å². The van der Waals surface area contributed by atoms with Crippen LogP contribution in [0.5, 0.6) is 0 Å². The molecule has 0 N–H and O–H groups in total. The van der Waals surface area contributed by atoms with E-state index >= 15 is 0 Å². The highest BCUT2D eigenvalue weighted by Crippen LogP contribution is 2.12. The Hall–Kier alpha value is -1.71. The van der Waals surface area contributed by atoms with Crippen molar-refractivity contribution in [1.82, 2.24) is 4.98 Å². The number of ether oxygens (including phenoxy) is 1. The second kappa shape index (κ2) is 15.5. The van der Waals surface area contributed by atoms with Crippen molar-refractivity contribution >= 4 is 11.8 Å². The van der Waals surface area contributed by atoms with Crippen LogP contribution < -0.4 is 0 Å². The number of hydrogen-bond donors (Lipinski definition) is 0. The Bertz CT molecular complexity index is 487. The molecule has 26 heavy (non-hydrogen) atoms. The van der Waals surface area contributed by atoms with Gasteiger partial charge in [0.05, 0.1) is 0 Å². The van der Waals surface area contributed by atoms with Gasteiger partial charge >= 0.3 is 5.97 Å². The van der Waals surface area contributed by atoms with Gasteiger partial charge in [0.1, 0.15) is 12.4 Å². The summed E-state index contributed by atoms with van der Waals surface area (Å²) in [7, 11) is 0. The van der Waals surface area contributed by atoms with Gasteiger partial charge in [0, 0.05) is 37.2 Å². The lowest BCUT2D eigenvalue weighted by molar-refractivity contribution is -0.145. The highest BCUT2D eigenvalue weighted by molar-refractivity contribution is 5.77. The molecule has 0 amide bonds. The second-order valence-corrected chi connectivity index (χ2v) is 6.95. The van der Waals surface area contributed by atoms with Crippen molar-refractivity contribution in [3.05, 3.63) is 30.1 Å². The van der Waals surface area contributed by atoms with E-state index in [1.54, 1.807) is 12.4 Å². The molecular weight excluding hydrogens is 326 g/mol. The van der Waals surface area contributed by atoms with E-state index < -0.39 is 0 Å². The molecule has 146 valence electrons. The summed E-state index contributed by atoms with van der Waals surface area (Å²) in [5.41, 5.74) is 0.929. The van der Waals surface area contributed by atoms with E-state index in [9.17, 15) is 9.59 Å².